The number of hydrogen-bond donors (Lipinski definition) is 0. The Morgan fingerprint density at radius 2 is 1.60 bits per heavy atom. The molecule has 0 atom stereocenters. The standard InChI is InChI=1S/C3H7.CH3.V/c1-3-2;;/h1,3H2,2H3;1H3;/q2*-1;+2. The van der Waals surface area contributed by atoms with Crippen LogP contribution in [0.15, 0.2) is 0 Å². The molecule has 5 heavy (non-hydrogen) atoms. The summed E-state index contributed by atoms with van der Waals surface area (Å²) in [5.41, 5.74) is 0. The molecule has 0 saturated heterocycles. The first-order valence-electron chi connectivity index (χ1n) is 1.21. The van der Waals surface area contributed by atoms with Crippen LogP contribution in [0.25, 0.3) is 0 Å². The molecule has 0 aromatic carbocycles. The van der Waals surface area contributed by atoms with E-state index in [2.05, 4.69) is 6.92 Å². The van der Waals surface area contributed by atoms with E-state index in [9.17, 15) is 0 Å². The van der Waals surface area contributed by atoms with Crippen molar-refractivity contribution in [3.63, 3.8) is 0 Å². The average Bonchev–Trinajstić information content (AvgIpc) is 0.918. The normalized spacial score (nSPS) is 3.60. The topological polar surface area (TPSA) is 0 Å². The van der Waals surface area contributed by atoms with E-state index in [1.54, 1.807) is 0 Å². The maximum atomic E-state index is 3.49. The Morgan fingerprint density at radius 1 is 1.60 bits per heavy atom. The Hall–Kier alpha value is 0.584. The van der Waals surface area contributed by atoms with Gasteiger partial charge in [-0.2, -0.15) is 6.42 Å². The van der Waals surface area contributed by atoms with Crippen LogP contribution in [-0.4, -0.2) is 0 Å². The van der Waals surface area contributed by atoms with Crippen molar-refractivity contribution in [1.82, 2.24) is 0 Å². The summed E-state index contributed by atoms with van der Waals surface area (Å²) in [6, 6.07) is 0. The van der Waals surface area contributed by atoms with E-state index in [1.807, 2.05) is 6.92 Å². The molecule has 0 aliphatic rings. The van der Waals surface area contributed by atoms with E-state index in [0.29, 0.717) is 0 Å². The summed E-state index contributed by atoms with van der Waals surface area (Å²) >= 11 is 0. The predicted molar refractivity (Wildman–Crippen MR) is 22.1 cm³/mol. The summed E-state index contributed by atoms with van der Waals surface area (Å²) in [4.78, 5) is 0. The fraction of sp³-hybridized carbons (Fsp3) is 0.500. The molecule has 0 unspecified atom stereocenters. The van der Waals surface area contributed by atoms with Gasteiger partial charge in [-0.25, -0.2) is 0 Å². The molecule has 0 rings (SSSR count). The SMILES string of the molecule is [CH2-]CC.[CH3-].[V+2]. The summed E-state index contributed by atoms with van der Waals surface area (Å²) in [5, 5.41) is 0. The zero-order chi connectivity index (χ0) is 2.71. The van der Waals surface area contributed by atoms with Gasteiger partial charge in [-0.05, 0) is 0 Å². The third-order valence-corrected chi connectivity index (χ3v) is 0. The van der Waals surface area contributed by atoms with Crippen molar-refractivity contribution in [3.05, 3.63) is 14.4 Å². The Bertz CT molecular complexity index is 3.61. The van der Waals surface area contributed by atoms with Gasteiger partial charge in [0.15, 0.2) is 0 Å². The van der Waals surface area contributed by atoms with Crippen LogP contribution in [0.4, 0.5) is 0 Å². The summed E-state index contributed by atoms with van der Waals surface area (Å²) in [7, 11) is 0. The van der Waals surface area contributed by atoms with Crippen LogP contribution in [0.1, 0.15) is 13.3 Å². The van der Waals surface area contributed by atoms with Crippen LogP contribution in [0.5, 0.6) is 0 Å². The van der Waals surface area contributed by atoms with Crippen LogP contribution in [0, 0.1) is 14.4 Å². The molecule has 0 bridgehead atoms. The molecule has 1 radical (unpaired) electrons. The molecule has 0 nitrogen and oxygen atoms in total. The second kappa shape index (κ2) is 23.5. The summed E-state index contributed by atoms with van der Waals surface area (Å²) in [6.07, 6.45) is 1.00. The van der Waals surface area contributed by atoms with Gasteiger partial charge in [0.2, 0.25) is 0 Å². The molecule has 0 aliphatic heterocycles. The Labute approximate surface area is 46.8 Å². The van der Waals surface area contributed by atoms with Gasteiger partial charge in [0.25, 0.3) is 0 Å². The molecule has 0 saturated carbocycles. The number of rotatable bonds is 0. The molecule has 0 spiro atoms. The van der Waals surface area contributed by atoms with Crippen LogP contribution >= 0.6 is 0 Å². The van der Waals surface area contributed by atoms with Gasteiger partial charge in [0.1, 0.15) is 0 Å². The summed E-state index contributed by atoms with van der Waals surface area (Å²) in [6.45, 7) is 5.50. The van der Waals surface area contributed by atoms with Gasteiger partial charge in [0, 0.05) is 0 Å². The molecular weight excluding hydrogens is 99.0 g/mol. The minimum atomic E-state index is 0. The molecule has 1 heteroatoms. The second-order valence-corrected chi connectivity index (χ2v) is 0.500. The van der Waals surface area contributed by atoms with E-state index >= 15 is 0 Å². The molecule has 31 valence electrons. The van der Waals surface area contributed by atoms with Crippen molar-refractivity contribution in [1.29, 1.82) is 0 Å². The molecule has 0 amide bonds. The van der Waals surface area contributed by atoms with E-state index in [-0.39, 0.29) is 26.0 Å². The van der Waals surface area contributed by atoms with Crippen molar-refractivity contribution < 1.29 is 18.6 Å². The fourth-order valence-corrected chi connectivity index (χ4v) is 0. The van der Waals surface area contributed by atoms with Gasteiger partial charge in [-0.15, -0.1) is 0 Å². The Morgan fingerprint density at radius 3 is 1.60 bits per heavy atom. The van der Waals surface area contributed by atoms with Crippen LogP contribution in [0.2, 0.25) is 0 Å². The predicted octanol–water partition coefficient (Wildman–Crippen LogP) is 1.68. The first kappa shape index (κ1) is 17.6. The maximum absolute atomic E-state index is 3.49. The van der Waals surface area contributed by atoms with Crippen molar-refractivity contribution in [2.75, 3.05) is 0 Å². The third kappa shape index (κ3) is 89.7. The molecule has 0 aromatic rings. The van der Waals surface area contributed by atoms with E-state index < -0.39 is 0 Å². The minimum Gasteiger partial charge on any atom is -0.358 e. The van der Waals surface area contributed by atoms with E-state index in [1.165, 1.54) is 0 Å². The molecule has 0 aromatic heterocycles. The first-order valence-corrected chi connectivity index (χ1v) is 1.21. The van der Waals surface area contributed by atoms with Crippen LogP contribution in [0.3, 0.4) is 0 Å². The summed E-state index contributed by atoms with van der Waals surface area (Å²) < 4.78 is 0. The van der Waals surface area contributed by atoms with Crippen molar-refractivity contribution in [2.45, 2.75) is 13.3 Å². The van der Waals surface area contributed by atoms with Crippen LogP contribution in [-0.2, 0) is 18.6 Å². The minimum absolute atomic E-state index is 0. The van der Waals surface area contributed by atoms with Crippen molar-refractivity contribution in [3.8, 4) is 0 Å². The maximum Gasteiger partial charge on any atom is 2.00 e. The van der Waals surface area contributed by atoms with Gasteiger partial charge < -0.3 is 14.4 Å². The second-order valence-electron chi connectivity index (χ2n) is 0.500. The average molecular weight is 109 g/mol. The molecule has 0 N–H and O–H groups in total. The third-order valence-electron chi connectivity index (χ3n) is 0. The van der Waals surface area contributed by atoms with Crippen molar-refractivity contribution in [2.24, 2.45) is 0 Å². The van der Waals surface area contributed by atoms with Gasteiger partial charge >= 0.3 is 18.6 Å². The van der Waals surface area contributed by atoms with Gasteiger partial charge in [-0.1, -0.05) is 6.92 Å². The monoisotopic (exact) mass is 109 g/mol. The van der Waals surface area contributed by atoms with Gasteiger partial charge in [0.05, 0.1) is 0 Å². The number of hydrogen-bond acceptors (Lipinski definition) is 0. The molecule has 0 aliphatic carbocycles. The molecular formula is C4H10V. The zero-order valence-corrected chi connectivity index (χ0v) is 5.26. The van der Waals surface area contributed by atoms with Gasteiger partial charge in [-0.3, -0.25) is 0 Å². The molecule has 0 fully saturated rings. The van der Waals surface area contributed by atoms with E-state index in [4.69, 9.17) is 0 Å². The summed E-state index contributed by atoms with van der Waals surface area (Å²) in [5.74, 6) is 0. The quantitative estimate of drug-likeness (QED) is 0.415. The largest absolute Gasteiger partial charge is 2.00 e. The zero-order valence-electron chi connectivity index (χ0n) is 3.86. The van der Waals surface area contributed by atoms with E-state index in [0.717, 1.165) is 6.42 Å². The smallest absolute Gasteiger partial charge is 0.358 e. The Balaban J connectivity index is -0.0000000200. The fourth-order valence-electron chi connectivity index (χ4n) is 0. The van der Waals surface area contributed by atoms with Crippen molar-refractivity contribution >= 4 is 0 Å². The Kier molecular flexibility index (Phi) is 82.5. The van der Waals surface area contributed by atoms with Crippen LogP contribution < -0.4 is 0 Å². The first-order chi connectivity index (χ1) is 1.41. The molecule has 0 heterocycles.